The molecule has 0 aliphatic carbocycles. The zero-order valence-electron chi connectivity index (χ0n) is 11.7. The predicted octanol–water partition coefficient (Wildman–Crippen LogP) is 2.31. The van der Waals surface area contributed by atoms with Crippen molar-refractivity contribution in [3.63, 3.8) is 0 Å². The summed E-state index contributed by atoms with van der Waals surface area (Å²) in [5.74, 6) is 0.735. The highest BCUT2D eigenvalue weighted by molar-refractivity contribution is 5.92. The van der Waals surface area contributed by atoms with E-state index in [0.29, 0.717) is 11.5 Å². The number of amides is 1. The van der Waals surface area contributed by atoms with Crippen molar-refractivity contribution in [3.05, 3.63) is 18.1 Å². The second kappa shape index (κ2) is 6.50. The van der Waals surface area contributed by atoms with Crippen LogP contribution in [0.2, 0.25) is 0 Å². The molecule has 104 valence electrons. The van der Waals surface area contributed by atoms with E-state index < -0.39 is 0 Å². The lowest BCUT2D eigenvalue weighted by Gasteiger charge is -2.20. The van der Waals surface area contributed by atoms with Gasteiger partial charge in [0.25, 0.3) is 5.91 Å². The Bertz CT molecular complexity index is 425. The van der Waals surface area contributed by atoms with Gasteiger partial charge in [0, 0.05) is 25.2 Å². The molecular formula is C14H22N4O. The van der Waals surface area contributed by atoms with Crippen molar-refractivity contribution in [1.82, 2.24) is 14.9 Å². The van der Waals surface area contributed by atoms with E-state index in [4.69, 9.17) is 0 Å². The number of anilines is 1. The van der Waals surface area contributed by atoms with Gasteiger partial charge in [0.2, 0.25) is 0 Å². The summed E-state index contributed by atoms with van der Waals surface area (Å²) in [6.45, 7) is 5.77. The normalized spacial score (nSPS) is 16.3. The largest absolute Gasteiger partial charge is 0.368 e. The van der Waals surface area contributed by atoms with E-state index in [1.165, 1.54) is 19.2 Å². The Hall–Kier alpha value is -1.65. The summed E-state index contributed by atoms with van der Waals surface area (Å²) in [5.41, 5.74) is 0.486. The summed E-state index contributed by atoms with van der Waals surface area (Å²) in [6.07, 6.45) is 6.07. The van der Waals surface area contributed by atoms with E-state index in [2.05, 4.69) is 15.3 Å². The maximum atomic E-state index is 12.4. The Balaban J connectivity index is 2.09. The molecule has 0 aromatic carbocycles. The molecule has 19 heavy (non-hydrogen) atoms. The van der Waals surface area contributed by atoms with Crippen LogP contribution in [0.5, 0.6) is 0 Å². The molecule has 0 saturated carbocycles. The molecule has 5 heteroatoms. The van der Waals surface area contributed by atoms with Crippen molar-refractivity contribution in [3.8, 4) is 0 Å². The lowest BCUT2D eigenvalue weighted by atomic mass is 10.2. The first-order valence-corrected chi connectivity index (χ1v) is 7.04. The second-order valence-corrected chi connectivity index (χ2v) is 5.29. The van der Waals surface area contributed by atoms with Crippen molar-refractivity contribution in [1.29, 1.82) is 0 Å². The molecule has 1 aromatic heterocycles. The number of nitrogens with one attached hydrogen (secondary N) is 1. The van der Waals surface area contributed by atoms with Crippen molar-refractivity contribution < 1.29 is 4.79 Å². The fourth-order valence-corrected chi connectivity index (χ4v) is 2.28. The van der Waals surface area contributed by atoms with Gasteiger partial charge in [-0.05, 0) is 26.7 Å². The number of aromatic nitrogens is 2. The van der Waals surface area contributed by atoms with Crippen LogP contribution in [0, 0.1) is 0 Å². The molecule has 0 spiro atoms. The molecular weight excluding hydrogens is 240 g/mol. The van der Waals surface area contributed by atoms with Gasteiger partial charge in [-0.3, -0.25) is 4.79 Å². The maximum Gasteiger partial charge on any atom is 0.272 e. The van der Waals surface area contributed by atoms with Gasteiger partial charge < -0.3 is 10.2 Å². The summed E-state index contributed by atoms with van der Waals surface area (Å²) >= 11 is 0. The lowest BCUT2D eigenvalue weighted by molar-refractivity contribution is 0.0755. The molecule has 0 bridgehead atoms. The molecule has 1 aromatic rings. The zero-order chi connectivity index (χ0) is 13.7. The number of nitrogens with zero attached hydrogens (tertiary/aromatic N) is 3. The van der Waals surface area contributed by atoms with Crippen LogP contribution in [-0.2, 0) is 0 Å². The van der Waals surface area contributed by atoms with E-state index in [9.17, 15) is 4.79 Å². The second-order valence-electron chi connectivity index (χ2n) is 5.29. The van der Waals surface area contributed by atoms with E-state index in [1.807, 2.05) is 18.7 Å². The topological polar surface area (TPSA) is 58.1 Å². The molecule has 2 rings (SSSR count). The van der Waals surface area contributed by atoms with E-state index in [0.717, 1.165) is 25.9 Å². The van der Waals surface area contributed by atoms with Crippen LogP contribution in [0.25, 0.3) is 0 Å². The molecule has 2 heterocycles. The van der Waals surface area contributed by atoms with E-state index >= 15 is 0 Å². The van der Waals surface area contributed by atoms with Crippen LogP contribution in [0.3, 0.4) is 0 Å². The zero-order valence-corrected chi connectivity index (χ0v) is 11.7. The van der Waals surface area contributed by atoms with Gasteiger partial charge in [0.05, 0.1) is 0 Å². The summed E-state index contributed by atoms with van der Waals surface area (Å²) in [6, 6.07) is 2.03. The third-order valence-electron chi connectivity index (χ3n) is 3.22. The van der Waals surface area contributed by atoms with Gasteiger partial charge in [-0.25, -0.2) is 9.97 Å². The summed E-state index contributed by atoms with van der Waals surface area (Å²) in [5, 5.41) is 3.19. The third-order valence-corrected chi connectivity index (χ3v) is 3.22. The highest BCUT2D eigenvalue weighted by Crippen LogP contribution is 2.13. The number of hydrogen-bond acceptors (Lipinski definition) is 4. The van der Waals surface area contributed by atoms with Crippen molar-refractivity contribution in [2.24, 2.45) is 0 Å². The van der Waals surface area contributed by atoms with Crippen LogP contribution in [-0.4, -0.2) is 39.9 Å². The monoisotopic (exact) mass is 262 g/mol. The molecule has 1 fully saturated rings. The molecule has 0 radical (unpaired) electrons. The van der Waals surface area contributed by atoms with Gasteiger partial charge >= 0.3 is 0 Å². The minimum Gasteiger partial charge on any atom is -0.368 e. The molecule has 1 aliphatic heterocycles. The van der Waals surface area contributed by atoms with E-state index in [-0.39, 0.29) is 11.9 Å². The predicted molar refractivity (Wildman–Crippen MR) is 75.2 cm³/mol. The summed E-state index contributed by atoms with van der Waals surface area (Å²) in [7, 11) is 0. The Kier molecular flexibility index (Phi) is 4.71. The number of carbonyl (C=O) groups excluding carboxylic acids is 1. The van der Waals surface area contributed by atoms with Crippen LogP contribution in [0.1, 0.15) is 50.0 Å². The standard InChI is InChI=1S/C14H22N4O/c1-11(2)17-13-9-12(15-10-16-13)14(19)18-7-5-3-4-6-8-18/h9-11H,3-8H2,1-2H3,(H,15,16,17). The molecule has 5 nitrogen and oxygen atoms in total. The molecule has 0 unspecified atom stereocenters. The van der Waals surface area contributed by atoms with Crippen LogP contribution < -0.4 is 5.32 Å². The maximum absolute atomic E-state index is 12.4. The SMILES string of the molecule is CC(C)Nc1cc(C(=O)N2CCCCCC2)ncn1. The first kappa shape index (κ1) is 13.8. The fourth-order valence-electron chi connectivity index (χ4n) is 2.28. The van der Waals surface area contributed by atoms with Crippen molar-refractivity contribution in [2.45, 2.75) is 45.6 Å². The molecule has 1 N–H and O–H groups in total. The summed E-state index contributed by atoms with van der Waals surface area (Å²) < 4.78 is 0. The Morgan fingerprint density at radius 1 is 1.21 bits per heavy atom. The van der Waals surface area contributed by atoms with Crippen molar-refractivity contribution in [2.75, 3.05) is 18.4 Å². The Labute approximate surface area is 114 Å². The molecule has 1 aliphatic rings. The van der Waals surface area contributed by atoms with Gasteiger partial charge in [0.15, 0.2) is 0 Å². The van der Waals surface area contributed by atoms with Gasteiger partial charge in [-0.1, -0.05) is 12.8 Å². The highest BCUT2D eigenvalue weighted by Gasteiger charge is 2.18. The average Bonchev–Trinajstić information content (AvgIpc) is 2.66. The molecule has 1 saturated heterocycles. The first-order chi connectivity index (χ1) is 9.16. The van der Waals surface area contributed by atoms with Crippen LogP contribution in [0.15, 0.2) is 12.4 Å². The Morgan fingerprint density at radius 2 is 1.89 bits per heavy atom. The first-order valence-electron chi connectivity index (χ1n) is 7.04. The minimum absolute atomic E-state index is 0.0242. The van der Waals surface area contributed by atoms with E-state index in [1.54, 1.807) is 6.07 Å². The number of carbonyl (C=O) groups is 1. The minimum atomic E-state index is 0.0242. The van der Waals surface area contributed by atoms with Crippen molar-refractivity contribution >= 4 is 11.7 Å². The third kappa shape index (κ3) is 3.91. The van der Waals surface area contributed by atoms with Crippen LogP contribution >= 0.6 is 0 Å². The number of hydrogen-bond donors (Lipinski definition) is 1. The average molecular weight is 262 g/mol. The molecule has 1 amide bonds. The smallest absolute Gasteiger partial charge is 0.272 e. The lowest BCUT2D eigenvalue weighted by Crippen LogP contribution is -2.32. The fraction of sp³-hybridized carbons (Fsp3) is 0.643. The highest BCUT2D eigenvalue weighted by atomic mass is 16.2. The number of rotatable bonds is 3. The summed E-state index contributed by atoms with van der Waals surface area (Å²) in [4.78, 5) is 22.6. The van der Waals surface area contributed by atoms with Gasteiger partial charge in [-0.2, -0.15) is 0 Å². The molecule has 0 atom stereocenters. The van der Waals surface area contributed by atoms with Gasteiger partial charge in [-0.15, -0.1) is 0 Å². The number of likely N-dealkylation sites (tertiary alicyclic amines) is 1. The Morgan fingerprint density at radius 3 is 2.53 bits per heavy atom. The quantitative estimate of drug-likeness (QED) is 0.908. The van der Waals surface area contributed by atoms with Crippen LogP contribution in [0.4, 0.5) is 5.82 Å². The van der Waals surface area contributed by atoms with Gasteiger partial charge in [0.1, 0.15) is 17.8 Å².